The fraction of sp³-hybridized carbons (Fsp3) is 0.436. The fourth-order valence-electron chi connectivity index (χ4n) is 8.58. The predicted molar refractivity (Wildman–Crippen MR) is 202 cm³/mol. The second kappa shape index (κ2) is 16.9. The van der Waals surface area contributed by atoms with Crippen molar-refractivity contribution in [3.63, 3.8) is 0 Å². The minimum absolute atomic E-state index is 0. The van der Waals surface area contributed by atoms with Crippen molar-refractivity contribution >= 4 is 19.3 Å². The van der Waals surface area contributed by atoms with Gasteiger partial charge in [-0.1, -0.05) is 103 Å². The lowest BCUT2D eigenvalue weighted by Crippen LogP contribution is -3.00. The van der Waals surface area contributed by atoms with Gasteiger partial charge in [0, 0.05) is 63.6 Å². The highest BCUT2D eigenvalue weighted by Gasteiger charge is 2.49. The van der Waals surface area contributed by atoms with Gasteiger partial charge < -0.3 is 26.5 Å². The average Bonchev–Trinajstić information content (AvgIpc) is 3.64. The third kappa shape index (κ3) is 8.06. The second-order valence-corrected chi connectivity index (χ2v) is 16.8. The zero-order valence-electron chi connectivity index (χ0n) is 30.5. The number of likely N-dealkylation sites (tertiary alicyclic amines) is 1. The summed E-state index contributed by atoms with van der Waals surface area (Å²) in [6.07, 6.45) is 3.53. The molecular formula is C39H48Cl2N5O7P. The van der Waals surface area contributed by atoms with Crippen LogP contribution in [0.3, 0.4) is 0 Å². The van der Waals surface area contributed by atoms with Crippen molar-refractivity contribution in [2.75, 3.05) is 46.3 Å². The number of hydrogen-bond donors (Lipinski definition) is 2. The van der Waals surface area contributed by atoms with Gasteiger partial charge in [0.2, 0.25) is 0 Å². The van der Waals surface area contributed by atoms with Gasteiger partial charge in [-0.05, 0) is 23.6 Å². The molecule has 15 heteroatoms. The maximum absolute atomic E-state index is 13.6. The van der Waals surface area contributed by atoms with E-state index >= 15 is 0 Å². The van der Waals surface area contributed by atoms with E-state index in [1.807, 2.05) is 54.6 Å². The van der Waals surface area contributed by atoms with Crippen LogP contribution in [0, 0.1) is 6.92 Å². The molecule has 0 radical (unpaired) electrons. The number of nitrogens with one attached hydrogen (secondary N) is 1. The monoisotopic (exact) mass is 799 g/mol. The number of alkyl halides is 1. The number of morpholine rings is 1. The molecule has 0 saturated carbocycles. The van der Waals surface area contributed by atoms with Gasteiger partial charge in [0.25, 0.3) is 5.56 Å². The van der Waals surface area contributed by atoms with E-state index in [4.69, 9.17) is 25.9 Å². The first-order chi connectivity index (χ1) is 25.5. The Morgan fingerprint density at radius 1 is 0.907 bits per heavy atom. The average molecular weight is 801 g/mol. The van der Waals surface area contributed by atoms with Crippen LogP contribution >= 0.6 is 19.3 Å². The fourth-order valence-corrected chi connectivity index (χ4v) is 9.85. The minimum Gasteiger partial charge on any atom is -1.00 e. The van der Waals surface area contributed by atoms with Gasteiger partial charge in [-0.3, -0.25) is 19.2 Å². The molecule has 4 atom stereocenters. The molecule has 54 heavy (non-hydrogen) atoms. The van der Waals surface area contributed by atoms with Crippen LogP contribution in [-0.4, -0.2) is 92.5 Å². The lowest BCUT2D eigenvalue weighted by atomic mass is 9.75. The first kappa shape index (κ1) is 40.5. The number of benzene rings is 3. The highest BCUT2D eigenvalue weighted by molar-refractivity contribution is 7.50. The van der Waals surface area contributed by atoms with E-state index in [0.29, 0.717) is 24.7 Å². The van der Waals surface area contributed by atoms with Crippen LogP contribution in [0.2, 0.25) is 0 Å². The van der Waals surface area contributed by atoms with E-state index in [9.17, 15) is 19.0 Å². The molecule has 2 N–H and O–H groups in total. The van der Waals surface area contributed by atoms with Crippen molar-refractivity contribution in [2.24, 2.45) is 0 Å². The SMILES string of the molecule is Cc1cn(C2CN(C(c3ccccc3)(c3ccccc3)c3ccccc3)CC(C(Cl)OOP(=O)(O)N3CCC([N+]4(C)CCCC4)CC3)O2)c(=O)[nH]c1=O.[Cl-]. The summed E-state index contributed by atoms with van der Waals surface area (Å²) < 4.78 is 29.2. The number of H-pyrrole nitrogens is 1. The first-order valence-electron chi connectivity index (χ1n) is 18.3. The second-order valence-electron chi connectivity index (χ2n) is 14.7. The number of rotatable bonds is 11. The van der Waals surface area contributed by atoms with Crippen LogP contribution in [-0.2, 0) is 24.4 Å². The highest BCUT2D eigenvalue weighted by Crippen LogP contribution is 2.50. The summed E-state index contributed by atoms with van der Waals surface area (Å²) in [7, 11) is -2.10. The molecule has 0 bridgehead atoms. The molecule has 3 saturated heterocycles. The van der Waals surface area contributed by atoms with Crippen molar-refractivity contribution in [2.45, 2.75) is 62.1 Å². The zero-order valence-corrected chi connectivity index (χ0v) is 32.9. The van der Waals surface area contributed by atoms with Crippen LogP contribution in [0.25, 0.3) is 0 Å². The predicted octanol–water partition coefficient (Wildman–Crippen LogP) is 2.36. The van der Waals surface area contributed by atoms with Gasteiger partial charge in [0.15, 0.2) is 11.8 Å². The number of ether oxygens (including phenoxy) is 1. The highest BCUT2D eigenvalue weighted by atomic mass is 35.5. The molecule has 0 aliphatic carbocycles. The maximum atomic E-state index is 13.6. The summed E-state index contributed by atoms with van der Waals surface area (Å²) >= 11 is 6.94. The zero-order chi connectivity index (χ0) is 37.2. The standard InChI is InChI=1S/C39H47ClN5O7P.ClH/c1-29-26-44(38(47)41-37(29)46)35-28-42(39(30-14-6-3-7-15-30,31-16-8-4-9-17-31)32-18-10-5-11-19-32)27-34(50-35)36(40)51-52-53(48,49)43-22-20-33(21-23-43)45(2)24-12-13-25-45;/h3-11,14-19,26,33-36H,12-13,20-25,27-28H2,1-2H3,(H-,41,46,47,48,49);1H. The lowest BCUT2D eigenvalue weighted by molar-refractivity contribution is -0.923. The number of aryl methyl sites for hydroxylation is 1. The number of halogens is 2. The molecule has 4 aromatic rings. The van der Waals surface area contributed by atoms with Crippen LogP contribution in [0.4, 0.5) is 0 Å². The Morgan fingerprint density at radius 3 is 1.94 bits per heavy atom. The summed E-state index contributed by atoms with van der Waals surface area (Å²) in [5.74, 6) is 0. The molecular weight excluding hydrogens is 752 g/mol. The molecule has 4 unspecified atom stereocenters. The Bertz CT molecular complexity index is 1910. The molecule has 7 rings (SSSR count). The minimum atomic E-state index is -4.38. The topological polar surface area (TPSA) is 126 Å². The number of aromatic nitrogens is 2. The molecule has 3 aliphatic heterocycles. The third-order valence-electron chi connectivity index (χ3n) is 11.4. The number of quaternary nitrogens is 1. The van der Waals surface area contributed by atoms with Crippen molar-refractivity contribution in [1.29, 1.82) is 0 Å². The van der Waals surface area contributed by atoms with Gasteiger partial charge in [-0.25, -0.2) is 18.9 Å². The van der Waals surface area contributed by atoms with E-state index in [2.05, 4.69) is 53.3 Å². The maximum Gasteiger partial charge on any atom is 0.432 e. The van der Waals surface area contributed by atoms with Crippen molar-refractivity contribution in [3.8, 4) is 0 Å². The quantitative estimate of drug-likeness (QED) is 0.0588. The van der Waals surface area contributed by atoms with Crippen LogP contribution < -0.4 is 23.7 Å². The Labute approximate surface area is 326 Å². The first-order valence-corrected chi connectivity index (χ1v) is 20.3. The van der Waals surface area contributed by atoms with Gasteiger partial charge in [0.1, 0.15) is 6.10 Å². The van der Waals surface area contributed by atoms with Gasteiger partial charge in [0.05, 0.1) is 31.7 Å². The van der Waals surface area contributed by atoms with Crippen molar-refractivity contribution < 1.29 is 40.6 Å². The summed E-state index contributed by atoms with van der Waals surface area (Å²) in [5, 5.41) is 0. The van der Waals surface area contributed by atoms with Crippen molar-refractivity contribution in [1.82, 2.24) is 19.1 Å². The smallest absolute Gasteiger partial charge is 0.432 e. The Morgan fingerprint density at radius 2 is 1.43 bits per heavy atom. The van der Waals surface area contributed by atoms with Crippen LogP contribution in [0.1, 0.15) is 54.2 Å². The van der Waals surface area contributed by atoms with Gasteiger partial charge >= 0.3 is 13.4 Å². The lowest BCUT2D eigenvalue weighted by Gasteiger charge is -2.51. The third-order valence-corrected chi connectivity index (χ3v) is 13.2. The van der Waals surface area contributed by atoms with Gasteiger partial charge in [-0.2, -0.15) is 0 Å². The number of nitrogens with zero attached hydrogens (tertiary/aromatic N) is 4. The van der Waals surface area contributed by atoms with Crippen molar-refractivity contribution in [3.05, 3.63) is 140 Å². The summed E-state index contributed by atoms with van der Waals surface area (Å²) in [4.78, 5) is 47.0. The molecule has 3 aliphatic rings. The summed E-state index contributed by atoms with van der Waals surface area (Å²) in [6.45, 7) is 5.06. The number of piperidine rings is 1. The molecule has 12 nitrogen and oxygen atoms in total. The van der Waals surface area contributed by atoms with E-state index in [1.165, 1.54) is 28.3 Å². The van der Waals surface area contributed by atoms with Crippen LogP contribution in [0.15, 0.2) is 107 Å². The van der Waals surface area contributed by atoms with Crippen LogP contribution in [0.5, 0.6) is 0 Å². The Balaban J connectivity index is 0.00000497. The molecule has 0 spiro atoms. The van der Waals surface area contributed by atoms with E-state index in [1.54, 1.807) is 6.92 Å². The number of aromatic amines is 1. The number of hydrogen-bond acceptors (Lipinski definition) is 7. The van der Waals surface area contributed by atoms with E-state index in [-0.39, 0.29) is 25.5 Å². The molecule has 3 aromatic carbocycles. The van der Waals surface area contributed by atoms with E-state index in [0.717, 1.165) is 47.1 Å². The normalized spacial score (nSPS) is 23.0. The Hall–Kier alpha value is -3.13. The molecule has 1 aromatic heterocycles. The largest absolute Gasteiger partial charge is 1.00 e. The molecule has 3 fully saturated rings. The molecule has 290 valence electrons. The summed E-state index contributed by atoms with van der Waals surface area (Å²) in [5.41, 5.74) is -0.230. The van der Waals surface area contributed by atoms with E-state index < -0.39 is 42.4 Å². The Kier molecular flexibility index (Phi) is 12.7. The molecule has 4 heterocycles. The summed E-state index contributed by atoms with van der Waals surface area (Å²) in [6, 6.07) is 30.6. The van der Waals surface area contributed by atoms with Gasteiger partial charge in [-0.15, -0.1) is 4.67 Å². The molecule has 0 amide bonds.